The first-order valence-electron chi connectivity index (χ1n) is 12.2. The van der Waals surface area contributed by atoms with Crippen LogP contribution in [-0.4, -0.2) is 68.6 Å². The van der Waals surface area contributed by atoms with Gasteiger partial charge in [-0.3, -0.25) is 9.69 Å². The van der Waals surface area contributed by atoms with Crippen molar-refractivity contribution in [3.05, 3.63) is 99.5 Å². The summed E-state index contributed by atoms with van der Waals surface area (Å²) in [5.74, 6) is 0.473. The normalized spacial score (nSPS) is 14.7. The zero-order chi connectivity index (χ0) is 26.2. The highest BCUT2D eigenvalue weighted by atomic mass is 79.9. The van der Waals surface area contributed by atoms with Crippen molar-refractivity contribution in [2.75, 3.05) is 46.9 Å². The smallest absolute Gasteiger partial charge is 0.337 e. The summed E-state index contributed by atoms with van der Waals surface area (Å²) in [4.78, 5) is 28.9. The second-order valence-corrected chi connectivity index (χ2v) is 9.78. The van der Waals surface area contributed by atoms with Crippen LogP contribution in [0.15, 0.2) is 77.3 Å². The number of methoxy groups -OCH3 is 2. The lowest BCUT2D eigenvalue weighted by atomic mass is 10.1. The SMILES string of the molecule is COC(=O)c1ccc(CO[C@H](CN2CCN(C(=O)c3ccc(Br)cc3)CC2)c2cccc(OC)c2)cc1. The van der Waals surface area contributed by atoms with E-state index in [-0.39, 0.29) is 18.0 Å². The summed E-state index contributed by atoms with van der Waals surface area (Å²) >= 11 is 3.42. The van der Waals surface area contributed by atoms with Crippen LogP contribution in [-0.2, 0) is 16.1 Å². The van der Waals surface area contributed by atoms with Crippen LogP contribution in [0, 0.1) is 0 Å². The Morgan fingerprint density at radius 1 is 0.892 bits per heavy atom. The minimum absolute atomic E-state index is 0.0585. The molecule has 3 aromatic rings. The van der Waals surface area contributed by atoms with Gasteiger partial charge in [0.1, 0.15) is 5.75 Å². The van der Waals surface area contributed by atoms with Gasteiger partial charge in [0.05, 0.1) is 32.5 Å². The van der Waals surface area contributed by atoms with Crippen LogP contribution >= 0.6 is 15.9 Å². The van der Waals surface area contributed by atoms with Crippen molar-refractivity contribution in [3.63, 3.8) is 0 Å². The highest BCUT2D eigenvalue weighted by Crippen LogP contribution is 2.25. The second kappa shape index (κ2) is 12.9. The van der Waals surface area contributed by atoms with E-state index >= 15 is 0 Å². The van der Waals surface area contributed by atoms with Gasteiger partial charge in [-0.2, -0.15) is 0 Å². The Hall–Kier alpha value is -3.20. The number of carbonyl (C=O) groups excluding carboxylic acids is 2. The predicted molar refractivity (Wildman–Crippen MR) is 145 cm³/mol. The minimum Gasteiger partial charge on any atom is -0.497 e. The van der Waals surface area contributed by atoms with E-state index in [1.165, 1.54) is 7.11 Å². The molecular weight excluding hydrogens is 536 g/mol. The third kappa shape index (κ3) is 7.19. The number of piperazine rings is 1. The highest BCUT2D eigenvalue weighted by Gasteiger charge is 2.25. The molecule has 0 bridgehead atoms. The summed E-state index contributed by atoms with van der Waals surface area (Å²) in [5, 5.41) is 0. The van der Waals surface area contributed by atoms with Crippen molar-refractivity contribution in [2.24, 2.45) is 0 Å². The second-order valence-electron chi connectivity index (χ2n) is 8.86. The van der Waals surface area contributed by atoms with E-state index in [1.807, 2.05) is 65.6 Å². The zero-order valence-corrected chi connectivity index (χ0v) is 22.6. The van der Waals surface area contributed by atoms with Gasteiger partial charge in [0, 0.05) is 42.8 Å². The molecule has 4 rings (SSSR count). The molecule has 1 saturated heterocycles. The molecule has 1 fully saturated rings. The number of amides is 1. The summed E-state index contributed by atoms with van der Waals surface area (Å²) in [6.07, 6.45) is -0.191. The number of halogens is 1. The van der Waals surface area contributed by atoms with Crippen LogP contribution in [0.4, 0.5) is 0 Å². The first-order chi connectivity index (χ1) is 18.0. The third-order valence-corrected chi connectivity index (χ3v) is 7.00. The van der Waals surface area contributed by atoms with Gasteiger partial charge >= 0.3 is 5.97 Å². The molecule has 0 radical (unpaired) electrons. The molecule has 0 aliphatic carbocycles. The van der Waals surface area contributed by atoms with Gasteiger partial charge in [0.2, 0.25) is 0 Å². The molecule has 0 saturated carbocycles. The van der Waals surface area contributed by atoms with E-state index < -0.39 is 0 Å². The fourth-order valence-electron chi connectivity index (χ4n) is 4.29. The lowest BCUT2D eigenvalue weighted by Crippen LogP contribution is -2.49. The van der Waals surface area contributed by atoms with Crippen LogP contribution in [0.25, 0.3) is 0 Å². The number of nitrogens with zero attached hydrogens (tertiary/aromatic N) is 2. The predicted octanol–water partition coefficient (Wildman–Crippen LogP) is 4.96. The van der Waals surface area contributed by atoms with Gasteiger partial charge in [0.25, 0.3) is 5.91 Å². The number of ether oxygens (including phenoxy) is 3. The molecular formula is C29H31BrN2O5. The first kappa shape index (κ1) is 26.9. The Kier molecular flexibility index (Phi) is 9.33. The van der Waals surface area contributed by atoms with Gasteiger partial charge in [-0.05, 0) is 59.7 Å². The Morgan fingerprint density at radius 2 is 1.57 bits per heavy atom. The Labute approximate surface area is 226 Å². The van der Waals surface area contributed by atoms with Crippen LogP contribution < -0.4 is 4.74 Å². The van der Waals surface area contributed by atoms with E-state index in [9.17, 15) is 9.59 Å². The summed E-state index contributed by atoms with van der Waals surface area (Å²) in [5.41, 5.74) is 3.20. The molecule has 194 valence electrons. The molecule has 37 heavy (non-hydrogen) atoms. The number of esters is 1. The molecule has 1 aliphatic rings. The molecule has 8 heteroatoms. The molecule has 0 spiro atoms. The Bertz CT molecular complexity index is 1190. The maximum atomic E-state index is 12.9. The number of benzene rings is 3. The largest absolute Gasteiger partial charge is 0.497 e. The fourth-order valence-corrected chi connectivity index (χ4v) is 4.56. The molecule has 1 aliphatic heterocycles. The van der Waals surface area contributed by atoms with Crippen LogP contribution in [0.5, 0.6) is 5.75 Å². The van der Waals surface area contributed by atoms with Crippen LogP contribution in [0.3, 0.4) is 0 Å². The van der Waals surface area contributed by atoms with E-state index in [2.05, 4.69) is 20.8 Å². The lowest BCUT2D eigenvalue weighted by molar-refractivity contribution is 0.00331. The quantitative estimate of drug-likeness (QED) is 0.341. The zero-order valence-electron chi connectivity index (χ0n) is 21.1. The average molecular weight is 567 g/mol. The van der Waals surface area contributed by atoms with E-state index in [0.717, 1.165) is 34.4 Å². The van der Waals surface area contributed by atoms with Crippen LogP contribution in [0.1, 0.15) is 37.9 Å². The van der Waals surface area contributed by atoms with Crippen molar-refractivity contribution < 1.29 is 23.8 Å². The summed E-state index contributed by atoms with van der Waals surface area (Å²) in [6.45, 7) is 3.93. The summed E-state index contributed by atoms with van der Waals surface area (Å²) in [7, 11) is 3.02. The van der Waals surface area contributed by atoms with E-state index in [0.29, 0.717) is 37.4 Å². The van der Waals surface area contributed by atoms with Crippen molar-refractivity contribution in [1.82, 2.24) is 9.80 Å². The average Bonchev–Trinajstić information content (AvgIpc) is 2.95. The highest BCUT2D eigenvalue weighted by molar-refractivity contribution is 9.10. The maximum Gasteiger partial charge on any atom is 0.337 e. The Balaban J connectivity index is 1.40. The molecule has 0 N–H and O–H groups in total. The van der Waals surface area contributed by atoms with Crippen molar-refractivity contribution >= 4 is 27.8 Å². The minimum atomic E-state index is -0.362. The van der Waals surface area contributed by atoms with Crippen LogP contribution in [0.2, 0.25) is 0 Å². The van der Waals surface area contributed by atoms with Crippen molar-refractivity contribution in [3.8, 4) is 5.75 Å². The van der Waals surface area contributed by atoms with Crippen molar-refractivity contribution in [2.45, 2.75) is 12.7 Å². The van der Waals surface area contributed by atoms with Gasteiger partial charge in [0.15, 0.2) is 0 Å². The van der Waals surface area contributed by atoms with Gasteiger partial charge in [-0.15, -0.1) is 0 Å². The van der Waals surface area contributed by atoms with Crippen molar-refractivity contribution in [1.29, 1.82) is 0 Å². The molecule has 0 unspecified atom stereocenters. The molecule has 0 aromatic heterocycles. The number of rotatable bonds is 9. The number of hydrogen-bond donors (Lipinski definition) is 0. The number of carbonyl (C=O) groups is 2. The fraction of sp³-hybridized carbons (Fsp3) is 0.310. The molecule has 1 amide bonds. The number of hydrogen-bond acceptors (Lipinski definition) is 6. The molecule has 7 nitrogen and oxygen atoms in total. The van der Waals surface area contributed by atoms with Gasteiger partial charge in [-0.1, -0.05) is 40.2 Å². The Morgan fingerprint density at radius 3 is 2.22 bits per heavy atom. The first-order valence-corrected chi connectivity index (χ1v) is 13.0. The topological polar surface area (TPSA) is 68.3 Å². The molecule has 1 heterocycles. The maximum absolute atomic E-state index is 12.9. The van der Waals surface area contributed by atoms with E-state index in [1.54, 1.807) is 19.2 Å². The molecule has 3 aromatic carbocycles. The lowest BCUT2D eigenvalue weighted by Gasteiger charge is -2.36. The monoisotopic (exact) mass is 566 g/mol. The summed E-state index contributed by atoms with van der Waals surface area (Å²) in [6, 6.07) is 22.6. The molecule has 1 atom stereocenters. The van der Waals surface area contributed by atoms with Gasteiger partial charge < -0.3 is 19.1 Å². The summed E-state index contributed by atoms with van der Waals surface area (Å²) < 4.78 is 17.6. The van der Waals surface area contributed by atoms with Gasteiger partial charge in [-0.25, -0.2) is 4.79 Å². The van der Waals surface area contributed by atoms with E-state index in [4.69, 9.17) is 14.2 Å². The standard InChI is InChI=1S/C29H31BrN2O5/c1-35-26-5-3-4-24(18-26)27(37-20-21-6-8-23(9-7-21)29(34)36-2)19-31-14-16-32(17-15-31)28(33)22-10-12-25(30)13-11-22/h3-13,18,27H,14-17,19-20H2,1-2H3/t27-/m1/s1. The third-order valence-electron chi connectivity index (χ3n) is 6.47.